The van der Waals surface area contributed by atoms with Crippen LogP contribution in [0.15, 0.2) is 23.2 Å². The Balaban J connectivity index is 1.64. The van der Waals surface area contributed by atoms with E-state index in [0.717, 1.165) is 18.7 Å². The Kier molecular flexibility index (Phi) is 3.11. The molecule has 0 bridgehead atoms. The minimum absolute atomic E-state index is 0.0551. The van der Waals surface area contributed by atoms with Crippen molar-refractivity contribution in [1.29, 1.82) is 0 Å². The largest absolute Gasteiger partial charge is 0.374 e. The summed E-state index contributed by atoms with van der Waals surface area (Å²) in [5.74, 6) is 0.0551. The van der Waals surface area contributed by atoms with Crippen LogP contribution >= 0.6 is 0 Å². The van der Waals surface area contributed by atoms with Gasteiger partial charge in [-0.25, -0.2) is 0 Å². The third kappa shape index (κ3) is 2.41. The molecule has 0 aliphatic carbocycles. The van der Waals surface area contributed by atoms with Gasteiger partial charge in [-0.15, -0.1) is 0 Å². The quantitative estimate of drug-likeness (QED) is 0.721. The third-order valence-corrected chi connectivity index (χ3v) is 3.64. The van der Waals surface area contributed by atoms with Gasteiger partial charge in [-0.3, -0.25) is 9.79 Å². The molecule has 1 aromatic rings. The number of hydrogen-bond donors (Lipinski definition) is 3. The number of anilines is 1. The maximum atomic E-state index is 12.2. The zero-order valence-electron chi connectivity index (χ0n) is 10.9. The highest BCUT2D eigenvalue weighted by atomic mass is 16.2. The van der Waals surface area contributed by atoms with Gasteiger partial charge in [0.05, 0.1) is 18.9 Å². The summed E-state index contributed by atoms with van der Waals surface area (Å²) in [4.78, 5) is 16.4. The molecule has 3 rings (SSSR count). The zero-order chi connectivity index (χ0) is 13.2. The van der Waals surface area contributed by atoms with E-state index >= 15 is 0 Å². The minimum atomic E-state index is -0.165. The molecule has 5 heteroatoms. The standard InChI is InChI=1S/C14H18N4O/c1-9-3-2-4-10-5-12(18-13(9)10)14(19)17-11-6-15-8-16-7-11/h2-4,8,11-12,18H,5-7H2,1H3,(H,15,16)(H,17,19). The van der Waals surface area contributed by atoms with E-state index in [9.17, 15) is 4.79 Å². The fourth-order valence-electron chi connectivity index (χ4n) is 2.61. The predicted octanol–water partition coefficient (Wildman–Crippen LogP) is 0.448. The number of amides is 1. The van der Waals surface area contributed by atoms with E-state index in [4.69, 9.17) is 0 Å². The number of fused-ring (bicyclic) bond motifs is 1. The van der Waals surface area contributed by atoms with Crippen LogP contribution < -0.4 is 16.0 Å². The van der Waals surface area contributed by atoms with E-state index in [0.29, 0.717) is 6.54 Å². The number of carbonyl (C=O) groups is 1. The lowest BCUT2D eigenvalue weighted by Crippen LogP contribution is -2.50. The molecule has 2 aliphatic rings. The van der Waals surface area contributed by atoms with Gasteiger partial charge in [0.1, 0.15) is 6.04 Å². The number of benzene rings is 1. The molecule has 2 unspecified atom stereocenters. The molecule has 2 heterocycles. The van der Waals surface area contributed by atoms with Gasteiger partial charge < -0.3 is 16.0 Å². The van der Waals surface area contributed by atoms with Crippen molar-refractivity contribution in [2.45, 2.75) is 25.4 Å². The molecule has 3 N–H and O–H groups in total. The van der Waals surface area contributed by atoms with E-state index in [1.165, 1.54) is 11.1 Å². The normalized spacial score (nSPS) is 24.3. The number of aliphatic imine (C=N–C) groups is 1. The van der Waals surface area contributed by atoms with Crippen molar-refractivity contribution in [1.82, 2.24) is 10.6 Å². The van der Waals surface area contributed by atoms with Crippen LogP contribution in [-0.2, 0) is 11.2 Å². The maximum Gasteiger partial charge on any atom is 0.243 e. The lowest BCUT2D eigenvalue weighted by atomic mass is 10.1. The molecular weight excluding hydrogens is 240 g/mol. The number of rotatable bonds is 2. The molecule has 0 radical (unpaired) electrons. The first-order valence-corrected chi connectivity index (χ1v) is 6.61. The SMILES string of the molecule is Cc1cccc2c1NC(C(=O)NC1CN=CNC1)C2. The molecule has 0 fully saturated rings. The summed E-state index contributed by atoms with van der Waals surface area (Å²) in [5.41, 5.74) is 3.53. The van der Waals surface area contributed by atoms with Crippen LogP contribution in [0.2, 0.25) is 0 Å². The van der Waals surface area contributed by atoms with Crippen molar-refractivity contribution < 1.29 is 4.79 Å². The molecule has 0 saturated heterocycles. The summed E-state index contributed by atoms with van der Waals surface area (Å²) in [7, 11) is 0. The highest BCUT2D eigenvalue weighted by molar-refractivity contribution is 5.88. The van der Waals surface area contributed by atoms with Gasteiger partial charge in [-0.2, -0.15) is 0 Å². The Morgan fingerprint density at radius 1 is 1.47 bits per heavy atom. The van der Waals surface area contributed by atoms with Crippen LogP contribution in [0.4, 0.5) is 5.69 Å². The fraction of sp³-hybridized carbons (Fsp3) is 0.429. The van der Waals surface area contributed by atoms with Crippen molar-refractivity contribution in [2.24, 2.45) is 4.99 Å². The van der Waals surface area contributed by atoms with Crippen molar-refractivity contribution >= 4 is 17.9 Å². The summed E-state index contributed by atoms with van der Waals surface area (Å²) in [6.07, 6.45) is 2.45. The number of nitrogens with zero attached hydrogens (tertiary/aromatic N) is 1. The summed E-state index contributed by atoms with van der Waals surface area (Å²) < 4.78 is 0. The Labute approximate surface area is 112 Å². The van der Waals surface area contributed by atoms with Crippen LogP contribution in [0.25, 0.3) is 0 Å². The van der Waals surface area contributed by atoms with Crippen LogP contribution in [0.5, 0.6) is 0 Å². The van der Waals surface area contributed by atoms with Crippen LogP contribution in [-0.4, -0.2) is 37.4 Å². The van der Waals surface area contributed by atoms with E-state index in [1.807, 2.05) is 6.07 Å². The summed E-state index contributed by atoms with van der Waals surface area (Å²) in [6, 6.07) is 6.10. The van der Waals surface area contributed by atoms with Gasteiger partial charge in [0.15, 0.2) is 0 Å². The van der Waals surface area contributed by atoms with Crippen LogP contribution in [0.1, 0.15) is 11.1 Å². The summed E-state index contributed by atoms with van der Waals surface area (Å²) in [5, 5.41) is 9.39. The molecule has 2 atom stereocenters. The van der Waals surface area contributed by atoms with Gasteiger partial charge in [0.25, 0.3) is 0 Å². The van der Waals surface area contributed by atoms with Crippen molar-refractivity contribution in [3.8, 4) is 0 Å². The first kappa shape index (κ1) is 12.0. The first-order valence-electron chi connectivity index (χ1n) is 6.61. The molecule has 19 heavy (non-hydrogen) atoms. The van der Waals surface area contributed by atoms with E-state index in [1.54, 1.807) is 6.34 Å². The molecule has 0 spiro atoms. The molecule has 0 aromatic heterocycles. The molecule has 1 amide bonds. The third-order valence-electron chi connectivity index (χ3n) is 3.64. The summed E-state index contributed by atoms with van der Waals surface area (Å²) in [6.45, 7) is 3.46. The lowest BCUT2D eigenvalue weighted by molar-refractivity contribution is -0.122. The molecule has 1 aromatic carbocycles. The van der Waals surface area contributed by atoms with Gasteiger partial charge in [0, 0.05) is 18.7 Å². The molecule has 2 aliphatic heterocycles. The maximum absolute atomic E-state index is 12.2. The Morgan fingerprint density at radius 2 is 2.37 bits per heavy atom. The van der Waals surface area contributed by atoms with E-state index < -0.39 is 0 Å². The monoisotopic (exact) mass is 258 g/mol. The molecular formula is C14H18N4O. The number of nitrogens with one attached hydrogen (secondary N) is 3. The Hall–Kier alpha value is -2.04. The van der Waals surface area contributed by atoms with E-state index in [2.05, 4.69) is 40.0 Å². The highest BCUT2D eigenvalue weighted by Gasteiger charge is 2.28. The predicted molar refractivity (Wildman–Crippen MR) is 75.6 cm³/mol. The average Bonchev–Trinajstić information content (AvgIpc) is 2.85. The number of carbonyl (C=O) groups excluding carboxylic acids is 1. The molecule has 5 nitrogen and oxygen atoms in total. The Bertz CT molecular complexity index is 526. The zero-order valence-corrected chi connectivity index (χ0v) is 10.9. The molecule has 100 valence electrons. The van der Waals surface area contributed by atoms with Crippen molar-refractivity contribution in [2.75, 3.05) is 18.4 Å². The second-order valence-electron chi connectivity index (χ2n) is 5.12. The van der Waals surface area contributed by atoms with Crippen LogP contribution in [0, 0.1) is 6.92 Å². The Morgan fingerprint density at radius 3 is 3.11 bits per heavy atom. The number of hydrogen-bond acceptors (Lipinski definition) is 4. The second-order valence-corrected chi connectivity index (χ2v) is 5.12. The fourth-order valence-corrected chi connectivity index (χ4v) is 2.61. The highest BCUT2D eigenvalue weighted by Crippen LogP contribution is 2.28. The smallest absolute Gasteiger partial charge is 0.243 e. The van der Waals surface area contributed by atoms with Gasteiger partial charge in [-0.05, 0) is 18.1 Å². The van der Waals surface area contributed by atoms with Gasteiger partial charge in [0.2, 0.25) is 5.91 Å². The van der Waals surface area contributed by atoms with Crippen molar-refractivity contribution in [3.05, 3.63) is 29.3 Å². The minimum Gasteiger partial charge on any atom is -0.374 e. The molecule has 0 saturated carbocycles. The second kappa shape index (κ2) is 4.91. The number of aryl methyl sites for hydroxylation is 1. The lowest BCUT2D eigenvalue weighted by Gasteiger charge is -2.22. The van der Waals surface area contributed by atoms with E-state index in [-0.39, 0.29) is 18.0 Å². The van der Waals surface area contributed by atoms with Gasteiger partial charge in [-0.1, -0.05) is 18.2 Å². The first-order chi connectivity index (χ1) is 9.24. The van der Waals surface area contributed by atoms with Crippen LogP contribution in [0.3, 0.4) is 0 Å². The number of para-hydroxylation sites is 1. The topological polar surface area (TPSA) is 65.5 Å². The van der Waals surface area contributed by atoms with Gasteiger partial charge >= 0.3 is 0 Å². The average molecular weight is 258 g/mol. The van der Waals surface area contributed by atoms with Crippen molar-refractivity contribution in [3.63, 3.8) is 0 Å². The summed E-state index contributed by atoms with van der Waals surface area (Å²) >= 11 is 0.